The maximum absolute atomic E-state index is 7.77. The molecule has 0 fully saturated rings. The van der Waals surface area contributed by atoms with E-state index in [-0.39, 0.29) is 5.92 Å². The van der Waals surface area contributed by atoms with Gasteiger partial charge in [0.25, 0.3) is 0 Å². The quantitative estimate of drug-likeness (QED) is 0.695. The fraction of sp³-hybridized carbons (Fsp3) is 0.400. The van der Waals surface area contributed by atoms with Crippen molar-refractivity contribution in [1.29, 1.82) is 5.41 Å². The van der Waals surface area contributed by atoms with Gasteiger partial charge in [-0.15, -0.1) is 0 Å². The Morgan fingerprint density at radius 2 is 2.15 bits per heavy atom. The molecule has 0 atom stereocenters. The SMILES string of the molecule is CNc1cccc(C(=N)C(C)C)n1. The highest BCUT2D eigenvalue weighted by Gasteiger charge is 2.07. The molecule has 3 heteroatoms. The van der Waals surface area contributed by atoms with Crippen LogP contribution in [0.15, 0.2) is 18.2 Å². The summed E-state index contributed by atoms with van der Waals surface area (Å²) in [7, 11) is 1.82. The fourth-order valence-corrected chi connectivity index (χ4v) is 1.02. The molecule has 0 aliphatic rings. The van der Waals surface area contributed by atoms with Crippen LogP contribution >= 0.6 is 0 Å². The van der Waals surface area contributed by atoms with Gasteiger partial charge < -0.3 is 10.7 Å². The maximum atomic E-state index is 7.77. The summed E-state index contributed by atoms with van der Waals surface area (Å²) in [5.74, 6) is 1.03. The molecular formula is C10H15N3. The Morgan fingerprint density at radius 1 is 1.46 bits per heavy atom. The van der Waals surface area contributed by atoms with Crippen molar-refractivity contribution in [3.8, 4) is 0 Å². The molecule has 1 heterocycles. The number of aromatic nitrogens is 1. The molecule has 2 N–H and O–H groups in total. The summed E-state index contributed by atoms with van der Waals surface area (Å²) in [5, 5.41) is 10.7. The number of rotatable bonds is 3. The van der Waals surface area contributed by atoms with E-state index in [0.717, 1.165) is 11.5 Å². The van der Waals surface area contributed by atoms with E-state index in [9.17, 15) is 0 Å². The third-order valence-electron chi connectivity index (χ3n) is 1.86. The molecule has 0 unspecified atom stereocenters. The monoisotopic (exact) mass is 177 g/mol. The summed E-state index contributed by atoms with van der Waals surface area (Å²) in [6, 6.07) is 5.66. The van der Waals surface area contributed by atoms with E-state index in [1.165, 1.54) is 0 Å². The van der Waals surface area contributed by atoms with Crippen LogP contribution in [0.25, 0.3) is 0 Å². The van der Waals surface area contributed by atoms with Crippen LogP contribution in [0.3, 0.4) is 0 Å². The largest absolute Gasteiger partial charge is 0.373 e. The standard InChI is InChI=1S/C10H15N3/c1-7(2)10(11)8-5-4-6-9(12-3)13-8/h4-7,11H,1-3H3,(H,12,13). The Kier molecular flexibility index (Phi) is 3.01. The van der Waals surface area contributed by atoms with Gasteiger partial charge in [0.15, 0.2) is 0 Å². The van der Waals surface area contributed by atoms with Crippen LogP contribution in [-0.2, 0) is 0 Å². The number of nitrogens with zero attached hydrogens (tertiary/aromatic N) is 1. The smallest absolute Gasteiger partial charge is 0.126 e. The van der Waals surface area contributed by atoms with Gasteiger partial charge in [-0.1, -0.05) is 19.9 Å². The minimum Gasteiger partial charge on any atom is -0.373 e. The molecule has 1 aromatic heterocycles. The molecule has 0 saturated heterocycles. The lowest BCUT2D eigenvalue weighted by Gasteiger charge is -2.07. The second-order valence-corrected chi connectivity index (χ2v) is 3.23. The van der Waals surface area contributed by atoms with Crippen molar-refractivity contribution in [3.63, 3.8) is 0 Å². The lowest BCUT2D eigenvalue weighted by atomic mass is 10.1. The van der Waals surface area contributed by atoms with E-state index in [0.29, 0.717) is 5.71 Å². The van der Waals surface area contributed by atoms with Gasteiger partial charge in [-0.25, -0.2) is 4.98 Å². The molecule has 0 radical (unpaired) electrons. The van der Waals surface area contributed by atoms with Crippen molar-refractivity contribution in [2.24, 2.45) is 5.92 Å². The number of hydrogen-bond acceptors (Lipinski definition) is 3. The first-order valence-electron chi connectivity index (χ1n) is 4.38. The fourth-order valence-electron chi connectivity index (χ4n) is 1.02. The van der Waals surface area contributed by atoms with E-state index < -0.39 is 0 Å². The van der Waals surface area contributed by atoms with Crippen LogP contribution in [0.1, 0.15) is 19.5 Å². The summed E-state index contributed by atoms with van der Waals surface area (Å²) >= 11 is 0. The number of anilines is 1. The van der Waals surface area contributed by atoms with Crippen molar-refractivity contribution in [1.82, 2.24) is 4.98 Å². The third kappa shape index (κ3) is 2.28. The number of nitrogens with one attached hydrogen (secondary N) is 2. The summed E-state index contributed by atoms with van der Waals surface area (Å²) in [6.07, 6.45) is 0. The summed E-state index contributed by atoms with van der Waals surface area (Å²) in [6.45, 7) is 3.99. The molecule has 0 spiro atoms. The zero-order chi connectivity index (χ0) is 9.84. The van der Waals surface area contributed by atoms with Gasteiger partial charge in [0.05, 0.1) is 11.4 Å². The van der Waals surface area contributed by atoms with Crippen molar-refractivity contribution in [3.05, 3.63) is 23.9 Å². The van der Waals surface area contributed by atoms with Crippen LogP contribution in [0.4, 0.5) is 5.82 Å². The minimum atomic E-state index is 0.222. The zero-order valence-electron chi connectivity index (χ0n) is 8.26. The first kappa shape index (κ1) is 9.71. The summed E-state index contributed by atoms with van der Waals surface area (Å²) in [4.78, 5) is 4.28. The predicted molar refractivity (Wildman–Crippen MR) is 55.5 cm³/mol. The minimum absolute atomic E-state index is 0.222. The molecule has 3 nitrogen and oxygen atoms in total. The van der Waals surface area contributed by atoms with E-state index in [4.69, 9.17) is 5.41 Å². The highest BCUT2D eigenvalue weighted by Crippen LogP contribution is 2.08. The van der Waals surface area contributed by atoms with E-state index in [1.54, 1.807) is 0 Å². The molecule has 70 valence electrons. The van der Waals surface area contributed by atoms with Gasteiger partial charge in [0, 0.05) is 7.05 Å². The normalized spacial score (nSPS) is 10.2. The number of pyridine rings is 1. The Labute approximate surface area is 78.7 Å². The first-order chi connectivity index (χ1) is 6.15. The molecule has 0 amide bonds. The zero-order valence-corrected chi connectivity index (χ0v) is 8.26. The van der Waals surface area contributed by atoms with Crippen molar-refractivity contribution in [2.75, 3.05) is 12.4 Å². The van der Waals surface area contributed by atoms with Gasteiger partial charge in [-0.3, -0.25) is 0 Å². The molecule has 13 heavy (non-hydrogen) atoms. The van der Waals surface area contributed by atoms with E-state index in [1.807, 2.05) is 39.1 Å². The van der Waals surface area contributed by atoms with Gasteiger partial charge in [0.2, 0.25) is 0 Å². The lowest BCUT2D eigenvalue weighted by Crippen LogP contribution is -2.10. The molecule has 0 bridgehead atoms. The molecule has 1 aromatic rings. The van der Waals surface area contributed by atoms with Gasteiger partial charge in [0.1, 0.15) is 5.82 Å². The number of hydrogen-bond donors (Lipinski definition) is 2. The highest BCUT2D eigenvalue weighted by atomic mass is 15.0. The topological polar surface area (TPSA) is 48.8 Å². The molecule has 1 rings (SSSR count). The Hall–Kier alpha value is -1.38. The molecular weight excluding hydrogens is 162 g/mol. The first-order valence-corrected chi connectivity index (χ1v) is 4.38. The van der Waals surface area contributed by atoms with Crippen molar-refractivity contribution < 1.29 is 0 Å². The Balaban J connectivity index is 2.95. The Morgan fingerprint density at radius 3 is 2.69 bits per heavy atom. The van der Waals surface area contributed by atoms with Crippen LogP contribution < -0.4 is 5.32 Å². The van der Waals surface area contributed by atoms with Crippen molar-refractivity contribution >= 4 is 11.5 Å². The maximum Gasteiger partial charge on any atom is 0.126 e. The predicted octanol–water partition coefficient (Wildman–Crippen LogP) is 2.15. The van der Waals surface area contributed by atoms with Crippen molar-refractivity contribution in [2.45, 2.75) is 13.8 Å². The van der Waals surface area contributed by atoms with Crippen LogP contribution in [0, 0.1) is 11.3 Å². The lowest BCUT2D eigenvalue weighted by molar-refractivity contribution is 0.872. The third-order valence-corrected chi connectivity index (χ3v) is 1.86. The van der Waals surface area contributed by atoms with Gasteiger partial charge in [-0.05, 0) is 18.1 Å². The van der Waals surface area contributed by atoms with E-state index in [2.05, 4.69) is 10.3 Å². The van der Waals surface area contributed by atoms with Gasteiger partial charge >= 0.3 is 0 Å². The average Bonchev–Trinajstić information content (AvgIpc) is 2.16. The second-order valence-electron chi connectivity index (χ2n) is 3.23. The van der Waals surface area contributed by atoms with E-state index >= 15 is 0 Å². The molecule has 0 saturated carbocycles. The van der Waals surface area contributed by atoms with Crippen LogP contribution in [-0.4, -0.2) is 17.7 Å². The average molecular weight is 177 g/mol. The molecule has 0 aliphatic heterocycles. The molecule has 0 aromatic carbocycles. The Bertz CT molecular complexity index is 305. The molecule has 0 aliphatic carbocycles. The highest BCUT2D eigenvalue weighted by molar-refractivity contribution is 5.98. The van der Waals surface area contributed by atoms with Gasteiger partial charge in [-0.2, -0.15) is 0 Å². The second kappa shape index (κ2) is 4.03. The van der Waals surface area contributed by atoms with Crippen LogP contribution in [0.5, 0.6) is 0 Å². The summed E-state index contributed by atoms with van der Waals surface area (Å²) in [5.41, 5.74) is 1.33. The van der Waals surface area contributed by atoms with Crippen LogP contribution in [0.2, 0.25) is 0 Å². The summed E-state index contributed by atoms with van der Waals surface area (Å²) < 4.78 is 0.